The lowest BCUT2D eigenvalue weighted by atomic mass is 9.81. The van der Waals surface area contributed by atoms with Gasteiger partial charge < -0.3 is 11.1 Å². The zero-order valence-electron chi connectivity index (χ0n) is 11.8. The van der Waals surface area contributed by atoms with Gasteiger partial charge in [0.1, 0.15) is 0 Å². The Labute approximate surface area is 123 Å². The summed E-state index contributed by atoms with van der Waals surface area (Å²) < 4.78 is 0. The third-order valence-electron chi connectivity index (χ3n) is 3.51. The standard InChI is InChI=1S/C16H14N4O/c1-9-13(7-17)15(14(8-18)10(2)20-9)11-4-3-5-12(6-11)16(19)21/h3-6,15,20H,1-2H3,(H2,19,21). The molecule has 1 heterocycles. The first-order valence-corrected chi connectivity index (χ1v) is 6.38. The van der Waals surface area contributed by atoms with Crippen LogP contribution in [0.2, 0.25) is 0 Å². The van der Waals surface area contributed by atoms with Crippen LogP contribution in [0.25, 0.3) is 0 Å². The van der Waals surface area contributed by atoms with Crippen LogP contribution in [-0.4, -0.2) is 5.91 Å². The highest BCUT2D eigenvalue weighted by Crippen LogP contribution is 2.37. The van der Waals surface area contributed by atoms with Gasteiger partial charge in [0.25, 0.3) is 0 Å². The number of benzene rings is 1. The Kier molecular flexibility index (Phi) is 3.77. The molecule has 0 bridgehead atoms. The molecule has 1 aliphatic rings. The van der Waals surface area contributed by atoms with Crippen LogP contribution in [0.15, 0.2) is 46.8 Å². The lowest BCUT2D eigenvalue weighted by Crippen LogP contribution is -2.23. The molecule has 0 spiro atoms. The number of carbonyl (C=O) groups excluding carboxylic acids is 1. The summed E-state index contributed by atoms with van der Waals surface area (Å²) in [6, 6.07) is 11.0. The van der Waals surface area contributed by atoms with Crippen molar-refractivity contribution in [3.63, 3.8) is 0 Å². The maximum absolute atomic E-state index is 11.3. The molecule has 2 rings (SSSR count). The molecular formula is C16H14N4O. The van der Waals surface area contributed by atoms with Crippen molar-refractivity contribution in [2.45, 2.75) is 19.8 Å². The largest absolute Gasteiger partial charge is 0.366 e. The van der Waals surface area contributed by atoms with Gasteiger partial charge in [-0.3, -0.25) is 4.79 Å². The minimum atomic E-state index is -0.538. The van der Waals surface area contributed by atoms with Crippen LogP contribution in [0, 0.1) is 22.7 Å². The van der Waals surface area contributed by atoms with Crippen molar-refractivity contribution in [3.05, 3.63) is 57.9 Å². The Hall–Kier alpha value is -3.05. The second-order valence-electron chi connectivity index (χ2n) is 4.85. The van der Waals surface area contributed by atoms with E-state index in [1.807, 2.05) is 0 Å². The van der Waals surface area contributed by atoms with Gasteiger partial charge in [0.15, 0.2) is 0 Å². The number of rotatable bonds is 2. The number of nitriles is 2. The summed E-state index contributed by atoms with van der Waals surface area (Å²) in [6.45, 7) is 3.59. The summed E-state index contributed by atoms with van der Waals surface area (Å²) in [7, 11) is 0. The molecule has 21 heavy (non-hydrogen) atoms. The third kappa shape index (κ3) is 2.50. The van der Waals surface area contributed by atoms with Crippen molar-refractivity contribution >= 4 is 5.91 Å². The van der Waals surface area contributed by atoms with Crippen LogP contribution in [0.3, 0.4) is 0 Å². The van der Waals surface area contributed by atoms with Gasteiger partial charge in [-0.25, -0.2) is 0 Å². The van der Waals surface area contributed by atoms with E-state index in [2.05, 4.69) is 17.5 Å². The van der Waals surface area contributed by atoms with Gasteiger partial charge in [0.2, 0.25) is 5.91 Å². The summed E-state index contributed by atoms with van der Waals surface area (Å²) in [6.07, 6.45) is 0. The van der Waals surface area contributed by atoms with E-state index >= 15 is 0 Å². The number of allylic oxidation sites excluding steroid dienone is 4. The molecule has 5 nitrogen and oxygen atoms in total. The molecule has 0 aromatic heterocycles. The normalized spacial score (nSPS) is 15.2. The summed E-state index contributed by atoms with van der Waals surface area (Å²) in [5.74, 6) is -1.01. The van der Waals surface area contributed by atoms with E-state index in [1.165, 1.54) is 0 Å². The van der Waals surface area contributed by atoms with Crippen molar-refractivity contribution in [3.8, 4) is 12.1 Å². The molecule has 1 aliphatic heterocycles. The number of nitrogens with zero attached hydrogens (tertiary/aromatic N) is 2. The number of carbonyl (C=O) groups is 1. The van der Waals surface area contributed by atoms with E-state index in [-0.39, 0.29) is 0 Å². The van der Waals surface area contributed by atoms with E-state index in [1.54, 1.807) is 38.1 Å². The molecule has 104 valence electrons. The number of dihydropyridines is 1. The topological polar surface area (TPSA) is 103 Å². The zero-order valence-corrected chi connectivity index (χ0v) is 11.8. The molecule has 5 heteroatoms. The molecule has 3 N–H and O–H groups in total. The number of nitrogens with two attached hydrogens (primary N) is 1. The number of hydrogen-bond acceptors (Lipinski definition) is 4. The second-order valence-corrected chi connectivity index (χ2v) is 4.85. The van der Waals surface area contributed by atoms with Gasteiger partial charge >= 0.3 is 0 Å². The second kappa shape index (κ2) is 5.52. The summed E-state index contributed by atoms with van der Waals surface area (Å²) in [4.78, 5) is 11.3. The molecule has 0 radical (unpaired) electrons. The van der Waals surface area contributed by atoms with Crippen LogP contribution >= 0.6 is 0 Å². The Bertz CT molecular complexity index is 723. The fourth-order valence-electron chi connectivity index (χ4n) is 2.49. The first kappa shape index (κ1) is 14.4. The van der Waals surface area contributed by atoms with E-state index in [9.17, 15) is 15.3 Å². The van der Waals surface area contributed by atoms with Crippen LogP contribution in [0.5, 0.6) is 0 Å². The zero-order chi connectivity index (χ0) is 15.6. The van der Waals surface area contributed by atoms with Crippen LogP contribution in [-0.2, 0) is 0 Å². The van der Waals surface area contributed by atoms with Crippen molar-refractivity contribution in [1.29, 1.82) is 10.5 Å². The monoisotopic (exact) mass is 278 g/mol. The molecule has 1 aromatic carbocycles. The van der Waals surface area contributed by atoms with Crippen LogP contribution < -0.4 is 11.1 Å². The minimum Gasteiger partial charge on any atom is -0.366 e. The lowest BCUT2D eigenvalue weighted by molar-refractivity contribution is 0.1000. The lowest BCUT2D eigenvalue weighted by Gasteiger charge is -2.26. The summed E-state index contributed by atoms with van der Waals surface area (Å²) >= 11 is 0. The molecule has 0 atom stereocenters. The van der Waals surface area contributed by atoms with Crippen molar-refractivity contribution in [2.75, 3.05) is 0 Å². The Morgan fingerprint density at radius 1 is 1.19 bits per heavy atom. The molecular weight excluding hydrogens is 264 g/mol. The van der Waals surface area contributed by atoms with Gasteiger partial charge in [-0.15, -0.1) is 0 Å². The van der Waals surface area contributed by atoms with Gasteiger partial charge in [-0.2, -0.15) is 10.5 Å². The molecule has 0 unspecified atom stereocenters. The smallest absolute Gasteiger partial charge is 0.248 e. The highest BCUT2D eigenvalue weighted by molar-refractivity contribution is 5.93. The van der Waals surface area contributed by atoms with E-state index in [0.717, 1.165) is 0 Å². The van der Waals surface area contributed by atoms with E-state index < -0.39 is 11.8 Å². The molecule has 0 saturated carbocycles. The maximum atomic E-state index is 11.3. The van der Waals surface area contributed by atoms with Gasteiger partial charge in [-0.05, 0) is 31.5 Å². The summed E-state index contributed by atoms with van der Waals surface area (Å²) in [5, 5.41) is 21.8. The predicted octanol–water partition coefficient (Wildman–Crippen LogP) is 2.07. The first-order chi connectivity index (χ1) is 9.99. The summed E-state index contributed by atoms with van der Waals surface area (Å²) in [5.41, 5.74) is 8.73. The average molecular weight is 278 g/mol. The van der Waals surface area contributed by atoms with Gasteiger partial charge in [0, 0.05) is 17.0 Å². The highest BCUT2D eigenvalue weighted by atomic mass is 16.1. The number of amides is 1. The average Bonchev–Trinajstić information content (AvgIpc) is 2.46. The van der Waals surface area contributed by atoms with Crippen molar-refractivity contribution in [1.82, 2.24) is 5.32 Å². The van der Waals surface area contributed by atoms with E-state index in [4.69, 9.17) is 5.73 Å². The molecule has 0 saturated heterocycles. The van der Waals surface area contributed by atoms with Crippen molar-refractivity contribution in [2.24, 2.45) is 5.73 Å². The fourth-order valence-corrected chi connectivity index (χ4v) is 2.49. The fraction of sp³-hybridized carbons (Fsp3) is 0.188. The number of nitrogens with one attached hydrogen (secondary N) is 1. The van der Waals surface area contributed by atoms with Crippen LogP contribution in [0.4, 0.5) is 0 Å². The molecule has 0 aliphatic carbocycles. The first-order valence-electron chi connectivity index (χ1n) is 6.38. The maximum Gasteiger partial charge on any atom is 0.248 e. The van der Waals surface area contributed by atoms with Gasteiger partial charge in [-0.1, -0.05) is 12.1 Å². The quantitative estimate of drug-likeness (QED) is 0.864. The Morgan fingerprint density at radius 2 is 1.76 bits per heavy atom. The minimum absolute atomic E-state index is 0.357. The highest BCUT2D eigenvalue weighted by Gasteiger charge is 2.29. The van der Waals surface area contributed by atoms with Crippen molar-refractivity contribution < 1.29 is 4.79 Å². The Morgan fingerprint density at radius 3 is 2.24 bits per heavy atom. The molecule has 1 amide bonds. The Balaban J connectivity index is 2.65. The van der Waals surface area contributed by atoms with Gasteiger partial charge in [0.05, 0.1) is 29.2 Å². The molecule has 0 fully saturated rings. The number of hydrogen-bond donors (Lipinski definition) is 2. The SMILES string of the molecule is CC1=C(C#N)C(c2cccc(C(N)=O)c2)C(C#N)=C(C)N1. The molecule has 1 aromatic rings. The predicted molar refractivity (Wildman–Crippen MR) is 77.5 cm³/mol. The van der Waals surface area contributed by atoms with Crippen LogP contribution in [0.1, 0.15) is 35.7 Å². The number of primary amides is 1. The third-order valence-corrected chi connectivity index (χ3v) is 3.51. The van der Waals surface area contributed by atoms with E-state index in [0.29, 0.717) is 33.7 Å².